The highest BCUT2D eigenvalue weighted by Crippen LogP contribution is 2.32. The fourth-order valence-electron chi connectivity index (χ4n) is 1.50. The van der Waals surface area contributed by atoms with Crippen LogP contribution in [0, 0.1) is 5.41 Å². The molecule has 1 aromatic rings. The van der Waals surface area contributed by atoms with Gasteiger partial charge in [-0.3, -0.25) is 0 Å². The first kappa shape index (κ1) is 13.2. The summed E-state index contributed by atoms with van der Waals surface area (Å²) < 4.78 is 4.61. The molecule has 0 fully saturated rings. The number of hydrogen-bond donors (Lipinski definition) is 0. The van der Waals surface area contributed by atoms with Crippen LogP contribution in [0.25, 0.3) is 5.57 Å². The van der Waals surface area contributed by atoms with Crippen LogP contribution in [0.4, 0.5) is 0 Å². The fraction of sp³-hybridized carbons (Fsp3) is 0.286. The lowest BCUT2D eigenvalue weighted by Crippen LogP contribution is -2.17. The zero-order valence-corrected chi connectivity index (χ0v) is 10.3. The second kappa shape index (κ2) is 5.43. The molecular weight excluding hydrogens is 216 g/mol. The molecule has 3 heteroatoms. The summed E-state index contributed by atoms with van der Waals surface area (Å²) in [5.41, 5.74) is 0.769. The molecule has 0 bridgehead atoms. The first-order valence-electron chi connectivity index (χ1n) is 5.33. The molecule has 0 saturated carbocycles. The van der Waals surface area contributed by atoms with Crippen LogP contribution in [0.2, 0.25) is 0 Å². The molecule has 0 aromatic heterocycles. The number of methoxy groups -OCH3 is 1. The fourth-order valence-corrected chi connectivity index (χ4v) is 1.50. The Kier molecular flexibility index (Phi) is 4.21. The molecule has 1 rings (SSSR count). The Bertz CT molecular complexity index is 430. The third-order valence-electron chi connectivity index (χ3n) is 2.54. The summed E-state index contributed by atoms with van der Waals surface area (Å²) in [5, 5.41) is 0. The maximum atomic E-state index is 11.3. The van der Waals surface area contributed by atoms with Crippen molar-refractivity contribution in [2.75, 3.05) is 7.11 Å². The second-order valence-electron chi connectivity index (χ2n) is 4.29. The molecule has 0 spiro atoms. The predicted molar refractivity (Wildman–Crippen MR) is 66.3 cm³/mol. The van der Waals surface area contributed by atoms with Crippen molar-refractivity contribution in [3.8, 4) is 0 Å². The maximum absolute atomic E-state index is 11.3. The van der Waals surface area contributed by atoms with E-state index in [1.54, 1.807) is 13.8 Å². The smallest absolute Gasteiger partial charge is 0.330 e. The van der Waals surface area contributed by atoms with Crippen molar-refractivity contribution < 1.29 is 14.3 Å². The quantitative estimate of drug-likeness (QED) is 0.455. The summed E-state index contributed by atoms with van der Waals surface area (Å²) in [6.45, 7) is 3.53. The number of aldehydes is 1. The van der Waals surface area contributed by atoms with Crippen molar-refractivity contribution in [2.45, 2.75) is 13.8 Å². The van der Waals surface area contributed by atoms with Gasteiger partial charge in [0.25, 0.3) is 0 Å². The van der Waals surface area contributed by atoms with Gasteiger partial charge in [-0.25, -0.2) is 4.79 Å². The van der Waals surface area contributed by atoms with E-state index in [0.29, 0.717) is 5.57 Å². The van der Waals surface area contributed by atoms with Gasteiger partial charge < -0.3 is 9.53 Å². The molecule has 90 valence electrons. The van der Waals surface area contributed by atoms with Crippen molar-refractivity contribution in [2.24, 2.45) is 5.41 Å². The van der Waals surface area contributed by atoms with Crippen LogP contribution in [0.3, 0.4) is 0 Å². The largest absolute Gasteiger partial charge is 0.466 e. The summed E-state index contributed by atoms with van der Waals surface area (Å²) in [6, 6.07) is 9.33. The third-order valence-corrected chi connectivity index (χ3v) is 2.54. The molecule has 0 saturated heterocycles. The molecule has 0 aliphatic heterocycles. The van der Waals surface area contributed by atoms with Gasteiger partial charge in [0.2, 0.25) is 0 Å². The minimum absolute atomic E-state index is 0.459. The summed E-state index contributed by atoms with van der Waals surface area (Å²) in [7, 11) is 1.31. The molecule has 0 radical (unpaired) electrons. The first-order valence-corrected chi connectivity index (χ1v) is 5.33. The summed E-state index contributed by atoms with van der Waals surface area (Å²) in [6.07, 6.45) is 2.19. The monoisotopic (exact) mass is 232 g/mol. The van der Waals surface area contributed by atoms with E-state index < -0.39 is 11.4 Å². The van der Waals surface area contributed by atoms with E-state index >= 15 is 0 Å². The molecule has 0 aliphatic carbocycles. The van der Waals surface area contributed by atoms with Crippen LogP contribution < -0.4 is 0 Å². The van der Waals surface area contributed by atoms with Crippen molar-refractivity contribution in [1.82, 2.24) is 0 Å². The van der Waals surface area contributed by atoms with E-state index in [1.165, 1.54) is 13.2 Å². The van der Waals surface area contributed by atoms with Crippen molar-refractivity contribution in [1.29, 1.82) is 0 Å². The molecular formula is C14H16O3. The standard InChI is InChI=1S/C14H16O3/c1-14(2,10-15)12(9-13(16)17-3)11-7-5-4-6-8-11/h4-10H,1-3H3/b12-9+. The minimum Gasteiger partial charge on any atom is -0.466 e. The molecule has 17 heavy (non-hydrogen) atoms. The van der Waals surface area contributed by atoms with Gasteiger partial charge in [0.15, 0.2) is 0 Å². The third kappa shape index (κ3) is 3.28. The van der Waals surface area contributed by atoms with Gasteiger partial charge >= 0.3 is 5.97 Å². The van der Waals surface area contributed by atoms with E-state index in [0.717, 1.165) is 11.8 Å². The summed E-state index contributed by atoms with van der Waals surface area (Å²) in [5.74, 6) is -0.459. The average molecular weight is 232 g/mol. The Labute approximate surface area is 101 Å². The molecule has 0 N–H and O–H groups in total. The number of rotatable bonds is 4. The first-order chi connectivity index (χ1) is 8.01. The van der Waals surface area contributed by atoms with Gasteiger partial charge in [-0.2, -0.15) is 0 Å². The van der Waals surface area contributed by atoms with Gasteiger partial charge in [-0.1, -0.05) is 30.3 Å². The lowest BCUT2D eigenvalue weighted by molar-refractivity contribution is -0.134. The normalized spacial score (nSPS) is 12.1. The molecule has 0 aliphatic rings. The Morgan fingerprint density at radius 2 is 1.82 bits per heavy atom. The van der Waals surface area contributed by atoms with Crippen LogP contribution in [0.15, 0.2) is 36.4 Å². The van der Waals surface area contributed by atoms with E-state index in [2.05, 4.69) is 4.74 Å². The summed E-state index contributed by atoms with van der Waals surface area (Å²) in [4.78, 5) is 22.5. The number of allylic oxidation sites excluding steroid dienone is 1. The van der Waals surface area contributed by atoms with Crippen LogP contribution >= 0.6 is 0 Å². The average Bonchev–Trinajstić information content (AvgIpc) is 2.36. The maximum Gasteiger partial charge on any atom is 0.330 e. The van der Waals surface area contributed by atoms with E-state index in [-0.39, 0.29) is 0 Å². The SMILES string of the molecule is COC(=O)/C=C(\c1ccccc1)C(C)(C)C=O. The van der Waals surface area contributed by atoms with Gasteiger partial charge in [0.05, 0.1) is 7.11 Å². The van der Waals surface area contributed by atoms with Gasteiger partial charge in [-0.15, -0.1) is 0 Å². The van der Waals surface area contributed by atoms with E-state index in [9.17, 15) is 9.59 Å². The highest BCUT2D eigenvalue weighted by molar-refractivity contribution is 5.96. The second-order valence-corrected chi connectivity index (χ2v) is 4.29. The Morgan fingerprint density at radius 1 is 1.24 bits per heavy atom. The van der Waals surface area contributed by atoms with Crippen LogP contribution in [0.5, 0.6) is 0 Å². The number of ether oxygens (including phenoxy) is 1. The zero-order chi connectivity index (χ0) is 12.9. The highest BCUT2D eigenvalue weighted by Gasteiger charge is 2.24. The lowest BCUT2D eigenvalue weighted by Gasteiger charge is -2.21. The molecule has 0 atom stereocenters. The zero-order valence-electron chi connectivity index (χ0n) is 10.3. The Morgan fingerprint density at radius 3 is 2.29 bits per heavy atom. The van der Waals surface area contributed by atoms with E-state index in [1.807, 2.05) is 30.3 Å². The van der Waals surface area contributed by atoms with Gasteiger partial charge in [0.1, 0.15) is 6.29 Å². The lowest BCUT2D eigenvalue weighted by atomic mass is 9.81. The number of carbonyl (C=O) groups excluding carboxylic acids is 2. The summed E-state index contributed by atoms with van der Waals surface area (Å²) >= 11 is 0. The Hall–Kier alpha value is -1.90. The van der Waals surface area contributed by atoms with Gasteiger partial charge in [0, 0.05) is 11.5 Å². The molecule has 0 heterocycles. The number of benzene rings is 1. The van der Waals surface area contributed by atoms with Crippen LogP contribution in [-0.2, 0) is 14.3 Å². The molecule has 0 amide bonds. The van der Waals surface area contributed by atoms with Gasteiger partial charge in [-0.05, 0) is 25.0 Å². The molecule has 3 nitrogen and oxygen atoms in total. The van der Waals surface area contributed by atoms with Crippen LogP contribution in [0.1, 0.15) is 19.4 Å². The number of esters is 1. The predicted octanol–water partition coefficient (Wildman–Crippen LogP) is 2.47. The number of hydrogen-bond acceptors (Lipinski definition) is 3. The molecule has 0 unspecified atom stereocenters. The Balaban J connectivity index is 3.26. The van der Waals surface area contributed by atoms with E-state index in [4.69, 9.17) is 0 Å². The number of carbonyl (C=O) groups is 2. The van der Waals surface area contributed by atoms with Crippen molar-refractivity contribution in [3.05, 3.63) is 42.0 Å². The van der Waals surface area contributed by atoms with Crippen molar-refractivity contribution >= 4 is 17.8 Å². The highest BCUT2D eigenvalue weighted by atomic mass is 16.5. The minimum atomic E-state index is -0.727. The molecule has 1 aromatic carbocycles. The van der Waals surface area contributed by atoms with Crippen LogP contribution in [-0.4, -0.2) is 19.4 Å². The topological polar surface area (TPSA) is 43.4 Å². The van der Waals surface area contributed by atoms with Crippen molar-refractivity contribution in [3.63, 3.8) is 0 Å².